The van der Waals surface area contributed by atoms with Crippen LogP contribution in [-0.2, 0) is 17.8 Å². The number of benzene rings is 1. The summed E-state index contributed by atoms with van der Waals surface area (Å²) in [4.78, 5) is 15.8. The number of aryl methyl sites for hydroxylation is 1. The maximum Gasteiger partial charge on any atom is 0.255 e. The van der Waals surface area contributed by atoms with Gasteiger partial charge in [0.2, 0.25) is 0 Å². The Morgan fingerprint density at radius 1 is 1.20 bits per heavy atom. The number of likely N-dealkylation sites (tertiary alicyclic amines) is 1. The average Bonchev–Trinajstić information content (AvgIpc) is 3.13. The van der Waals surface area contributed by atoms with Gasteiger partial charge in [-0.05, 0) is 42.7 Å². The van der Waals surface area contributed by atoms with Gasteiger partial charge in [0.1, 0.15) is 0 Å². The van der Waals surface area contributed by atoms with E-state index in [4.69, 9.17) is 0 Å². The molecular weight excluding hydrogens is 332 g/mol. The zero-order valence-electron chi connectivity index (χ0n) is 14.5. The summed E-state index contributed by atoms with van der Waals surface area (Å²) >= 11 is 1.68. The lowest BCUT2D eigenvalue weighted by Gasteiger charge is -2.38. The fourth-order valence-corrected chi connectivity index (χ4v) is 4.04. The van der Waals surface area contributed by atoms with Crippen LogP contribution in [0, 0.1) is 0 Å². The summed E-state index contributed by atoms with van der Waals surface area (Å²) in [6.07, 6.45) is 3.28. The quantitative estimate of drug-likeness (QED) is 0.763. The van der Waals surface area contributed by atoms with E-state index in [0.29, 0.717) is 26.1 Å². The molecule has 0 radical (unpaired) electrons. The molecule has 0 bridgehead atoms. The molecule has 0 unspecified atom stereocenters. The van der Waals surface area contributed by atoms with E-state index >= 15 is 0 Å². The van der Waals surface area contributed by atoms with Gasteiger partial charge in [-0.3, -0.25) is 4.79 Å². The number of hydrogen-bond donors (Lipinski definition) is 2. The van der Waals surface area contributed by atoms with Gasteiger partial charge in [0, 0.05) is 31.1 Å². The number of nitrogens with zero attached hydrogens (tertiary/aromatic N) is 1. The Labute approximate surface area is 153 Å². The number of carbonyl (C=O) groups excluding carboxylic acids is 1. The van der Waals surface area contributed by atoms with Gasteiger partial charge in [0.05, 0.1) is 0 Å². The molecule has 2 aromatic rings. The molecule has 1 aromatic heterocycles. The SMILES string of the molecule is O=C1N(CCCc2ccccc2)CCC[C@@]1(O)CNCc1cccs1. The van der Waals surface area contributed by atoms with Gasteiger partial charge < -0.3 is 15.3 Å². The number of thiophene rings is 1. The fraction of sp³-hybridized carbons (Fsp3) is 0.450. The normalized spacial score (nSPS) is 20.8. The van der Waals surface area contributed by atoms with Gasteiger partial charge in [-0.25, -0.2) is 0 Å². The molecule has 3 rings (SSSR count). The zero-order chi connectivity index (χ0) is 17.5. The van der Waals surface area contributed by atoms with Crippen molar-refractivity contribution in [1.29, 1.82) is 0 Å². The van der Waals surface area contributed by atoms with Crippen LogP contribution in [0.5, 0.6) is 0 Å². The van der Waals surface area contributed by atoms with E-state index in [9.17, 15) is 9.90 Å². The first-order valence-corrected chi connectivity index (χ1v) is 9.84. The van der Waals surface area contributed by atoms with E-state index in [2.05, 4.69) is 23.5 Å². The summed E-state index contributed by atoms with van der Waals surface area (Å²) in [6.45, 7) is 2.47. The highest BCUT2D eigenvalue weighted by atomic mass is 32.1. The van der Waals surface area contributed by atoms with Gasteiger partial charge in [-0.1, -0.05) is 36.4 Å². The van der Waals surface area contributed by atoms with Crippen molar-refractivity contribution < 1.29 is 9.90 Å². The molecule has 1 saturated heterocycles. The number of piperidine rings is 1. The second-order valence-corrected chi connectivity index (χ2v) is 7.73. The monoisotopic (exact) mass is 358 g/mol. The first kappa shape index (κ1) is 18.1. The number of hydrogen-bond acceptors (Lipinski definition) is 4. The van der Waals surface area contributed by atoms with E-state index in [0.717, 1.165) is 25.8 Å². The van der Waals surface area contributed by atoms with Crippen LogP contribution in [0.1, 0.15) is 29.7 Å². The average molecular weight is 359 g/mol. The number of nitrogens with one attached hydrogen (secondary N) is 1. The standard InChI is InChI=1S/C20H26N2O2S/c23-19-20(24,16-21-15-18-10-5-14-25-18)11-6-13-22(19)12-4-9-17-7-2-1-3-8-17/h1-3,5,7-8,10,14,21,24H,4,6,9,11-13,15-16H2/t20-/m1/s1. The molecule has 5 heteroatoms. The van der Waals surface area contributed by atoms with E-state index in [1.165, 1.54) is 10.4 Å². The van der Waals surface area contributed by atoms with Gasteiger partial charge in [-0.2, -0.15) is 0 Å². The smallest absolute Gasteiger partial charge is 0.255 e. The Morgan fingerprint density at radius 3 is 2.80 bits per heavy atom. The topological polar surface area (TPSA) is 52.6 Å². The summed E-state index contributed by atoms with van der Waals surface area (Å²) < 4.78 is 0. The van der Waals surface area contributed by atoms with Crippen molar-refractivity contribution in [3.8, 4) is 0 Å². The van der Waals surface area contributed by atoms with Crippen LogP contribution in [0.4, 0.5) is 0 Å². The van der Waals surface area contributed by atoms with Crippen molar-refractivity contribution in [2.45, 2.75) is 37.8 Å². The van der Waals surface area contributed by atoms with Crippen LogP contribution < -0.4 is 5.32 Å². The maximum atomic E-state index is 12.7. The number of aliphatic hydroxyl groups is 1. The van der Waals surface area contributed by atoms with Crippen molar-refractivity contribution in [2.75, 3.05) is 19.6 Å². The second-order valence-electron chi connectivity index (χ2n) is 6.70. The van der Waals surface area contributed by atoms with Crippen LogP contribution in [-0.4, -0.2) is 41.1 Å². The van der Waals surface area contributed by atoms with E-state index in [1.54, 1.807) is 11.3 Å². The summed E-state index contributed by atoms with van der Waals surface area (Å²) in [5.41, 5.74) is 0.0299. The van der Waals surface area contributed by atoms with Crippen LogP contribution in [0.3, 0.4) is 0 Å². The van der Waals surface area contributed by atoms with E-state index < -0.39 is 5.60 Å². The molecule has 2 heterocycles. The van der Waals surface area contributed by atoms with Gasteiger partial charge in [0.15, 0.2) is 5.60 Å². The number of carbonyl (C=O) groups is 1. The molecule has 0 saturated carbocycles. The first-order chi connectivity index (χ1) is 12.2. The number of rotatable bonds is 8. The van der Waals surface area contributed by atoms with Crippen molar-refractivity contribution in [2.24, 2.45) is 0 Å². The highest BCUT2D eigenvalue weighted by Crippen LogP contribution is 2.23. The minimum atomic E-state index is -1.26. The highest BCUT2D eigenvalue weighted by molar-refractivity contribution is 7.09. The molecule has 25 heavy (non-hydrogen) atoms. The Hall–Kier alpha value is -1.69. The Morgan fingerprint density at radius 2 is 2.04 bits per heavy atom. The zero-order valence-corrected chi connectivity index (χ0v) is 15.3. The third-order valence-corrected chi connectivity index (χ3v) is 5.61. The molecular formula is C20H26N2O2S. The van der Waals surface area contributed by atoms with Crippen LogP contribution in [0.2, 0.25) is 0 Å². The minimum Gasteiger partial charge on any atom is -0.379 e. The third-order valence-electron chi connectivity index (χ3n) is 4.74. The Balaban J connectivity index is 1.47. The molecule has 0 aliphatic carbocycles. The van der Waals surface area contributed by atoms with Crippen LogP contribution >= 0.6 is 11.3 Å². The first-order valence-electron chi connectivity index (χ1n) is 8.96. The molecule has 1 atom stereocenters. The Bertz CT molecular complexity index is 660. The Kier molecular flexibility index (Phi) is 6.24. The van der Waals surface area contributed by atoms with Gasteiger partial charge >= 0.3 is 0 Å². The van der Waals surface area contributed by atoms with Crippen LogP contribution in [0.25, 0.3) is 0 Å². The highest BCUT2D eigenvalue weighted by Gasteiger charge is 2.41. The van der Waals surface area contributed by atoms with E-state index in [1.807, 2.05) is 34.5 Å². The number of amides is 1. The van der Waals surface area contributed by atoms with Crippen molar-refractivity contribution in [3.05, 3.63) is 58.3 Å². The summed E-state index contributed by atoms with van der Waals surface area (Å²) in [5, 5.41) is 16.1. The molecule has 0 spiro atoms. The van der Waals surface area contributed by atoms with Crippen molar-refractivity contribution in [3.63, 3.8) is 0 Å². The third kappa shape index (κ3) is 4.91. The molecule has 1 aliphatic rings. The van der Waals surface area contributed by atoms with Crippen molar-refractivity contribution in [1.82, 2.24) is 10.2 Å². The summed E-state index contributed by atoms with van der Waals surface area (Å²) in [6, 6.07) is 14.4. The summed E-state index contributed by atoms with van der Waals surface area (Å²) in [7, 11) is 0. The molecule has 4 nitrogen and oxygen atoms in total. The lowest BCUT2D eigenvalue weighted by atomic mass is 9.91. The largest absolute Gasteiger partial charge is 0.379 e. The molecule has 2 N–H and O–H groups in total. The summed E-state index contributed by atoms with van der Waals surface area (Å²) in [5.74, 6) is -0.120. The molecule has 134 valence electrons. The minimum absolute atomic E-state index is 0.120. The van der Waals surface area contributed by atoms with Crippen LogP contribution in [0.15, 0.2) is 47.8 Å². The molecule has 1 aromatic carbocycles. The molecule has 1 fully saturated rings. The van der Waals surface area contributed by atoms with Gasteiger partial charge in [0.25, 0.3) is 5.91 Å². The molecule has 1 aliphatic heterocycles. The lowest BCUT2D eigenvalue weighted by Crippen LogP contribution is -2.58. The second kappa shape index (κ2) is 8.61. The lowest BCUT2D eigenvalue weighted by molar-refractivity contribution is -0.156. The maximum absolute atomic E-state index is 12.7. The van der Waals surface area contributed by atoms with Gasteiger partial charge in [-0.15, -0.1) is 11.3 Å². The predicted molar refractivity (Wildman–Crippen MR) is 102 cm³/mol. The van der Waals surface area contributed by atoms with Crippen molar-refractivity contribution >= 4 is 17.2 Å². The molecule has 1 amide bonds. The fourth-order valence-electron chi connectivity index (χ4n) is 3.37. The predicted octanol–water partition coefficient (Wildman–Crippen LogP) is 2.82. The van der Waals surface area contributed by atoms with E-state index in [-0.39, 0.29) is 5.91 Å².